The minimum absolute atomic E-state index is 0.156. The number of rotatable bonds is 6. The molecule has 0 radical (unpaired) electrons. The molecule has 1 unspecified atom stereocenters. The molecular weight excluding hydrogens is 384 g/mol. The summed E-state index contributed by atoms with van der Waals surface area (Å²) in [6.07, 6.45) is 0. The highest BCUT2D eigenvalue weighted by Crippen LogP contribution is 2.22. The smallest absolute Gasteiger partial charge is 0.251 e. The highest BCUT2D eigenvalue weighted by atomic mass is 32.2. The molecule has 0 spiro atoms. The maximum Gasteiger partial charge on any atom is 0.251 e. The van der Waals surface area contributed by atoms with Crippen molar-refractivity contribution < 1.29 is 13.2 Å². The van der Waals surface area contributed by atoms with Crippen molar-refractivity contribution in [1.82, 2.24) is 9.62 Å². The number of hydrogen-bond donors (Lipinski definition) is 1. The molecule has 3 aromatic carbocycles. The molecule has 29 heavy (non-hydrogen) atoms. The van der Waals surface area contributed by atoms with Crippen molar-refractivity contribution in [2.45, 2.75) is 17.9 Å². The molecular formula is C23H24N2O3S. The van der Waals surface area contributed by atoms with E-state index in [1.54, 1.807) is 0 Å². The van der Waals surface area contributed by atoms with E-state index in [0.717, 1.165) is 21.0 Å². The molecule has 0 saturated carbocycles. The molecule has 0 fully saturated rings. The number of nitrogens with one attached hydrogen (secondary N) is 1. The molecule has 1 atom stereocenters. The summed E-state index contributed by atoms with van der Waals surface area (Å²) in [4.78, 5) is 12.7. The number of nitrogens with zero attached hydrogens (tertiary/aromatic N) is 1. The summed E-state index contributed by atoms with van der Waals surface area (Å²) in [6.45, 7) is 1.92. The Morgan fingerprint density at radius 3 is 1.93 bits per heavy atom. The third kappa shape index (κ3) is 4.72. The number of sulfonamides is 1. The van der Waals surface area contributed by atoms with E-state index in [9.17, 15) is 13.2 Å². The third-order valence-corrected chi connectivity index (χ3v) is 6.59. The molecule has 3 rings (SSSR count). The summed E-state index contributed by atoms with van der Waals surface area (Å²) in [5.74, 6) is -0.251. The Morgan fingerprint density at radius 2 is 1.38 bits per heavy atom. The zero-order valence-electron chi connectivity index (χ0n) is 16.7. The monoisotopic (exact) mass is 408 g/mol. The van der Waals surface area contributed by atoms with Crippen LogP contribution in [0.15, 0.2) is 83.8 Å². The van der Waals surface area contributed by atoms with Crippen LogP contribution in [-0.2, 0) is 10.0 Å². The van der Waals surface area contributed by atoms with E-state index in [4.69, 9.17) is 0 Å². The van der Waals surface area contributed by atoms with Gasteiger partial charge in [-0.2, -0.15) is 0 Å². The number of amides is 1. The standard InChI is InChI=1S/C23H24N2O3S/c1-17(18-9-11-20(12-10-18)19-7-5-4-6-8-19)24-23(26)21-13-15-22(16-14-21)29(27,28)25(2)3/h4-17H,1-3H3,(H,24,26). The van der Waals surface area contributed by atoms with Gasteiger partial charge in [-0.05, 0) is 47.9 Å². The predicted molar refractivity (Wildman–Crippen MR) is 115 cm³/mol. The second-order valence-corrected chi connectivity index (χ2v) is 9.15. The lowest BCUT2D eigenvalue weighted by Crippen LogP contribution is -2.27. The fourth-order valence-electron chi connectivity index (χ4n) is 2.95. The van der Waals surface area contributed by atoms with Gasteiger partial charge in [-0.15, -0.1) is 0 Å². The lowest BCUT2D eigenvalue weighted by atomic mass is 10.0. The summed E-state index contributed by atoms with van der Waals surface area (Å²) >= 11 is 0. The van der Waals surface area contributed by atoms with Gasteiger partial charge in [-0.3, -0.25) is 4.79 Å². The molecule has 3 aromatic rings. The van der Waals surface area contributed by atoms with Gasteiger partial charge in [0.15, 0.2) is 0 Å². The van der Waals surface area contributed by atoms with Crippen molar-refractivity contribution in [2.24, 2.45) is 0 Å². The first-order valence-electron chi connectivity index (χ1n) is 9.28. The number of benzene rings is 3. The number of hydrogen-bond acceptors (Lipinski definition) is 3. The van der Waals surface area contributed by atoms with E-state index in [2.05, 4.69) is 17.4 Å². The second kappa shape index (κ2) is 8.59. The van der Waals surface area contributed by atoms with E-state index >= 15 is 0 Å². The Hall–Kier alpha value is -2.96. The van der Waals surface area contributed by atoms with E-state index in [-0.39, 0.29) is 16.8 Å². The van der Waals surface area contributed by atoms with Gasteiger partial charge in [0.1, 0.15) is 0 Å². The number of carbonyl (C=O) groups excluding carboxylic acids is 1. The van der Waals surface area contributed by atoms with Crippen molar-refractivity contribution >= 4 is 15.9 Å². The molecule has 0 aliphatic rings. The first-order valence-corrected chi connectivity index (χ1v) is 10.7. The quantitative estimate of drug-likeness (QED) is 0.668. The van der Waals surface area contributed by atoms with Crippen LogP contribution in [-0.4, -0.2) is 32.7 Å². The van der Waals surface area contributed by atoms with Crippen molar-refractivity contribution in [2.75, 3.05) is 14.1 Å². The van der Waals surface area contributed by atoms with Gasteiger partial charge in [0.2, 0.25) is 10.0 Å². The van der Waals surface area contributed by atoms with Crippen LogP contribution in [0.1, 0.15) is 28.9 Å². The summed E-state index contributed by atoms with van der Waals surface area (Å²) in [5, 5.41) is 2.95. The first-order chi connectivity index (χ1) is 13.8. The van der Waals surface area contributed by atoms with Crippen LogP contribution in [0.3, 0.4) is 0 Å². The van der Waals surface area contributed by atoms with Gasteiger partial charge in [-0.1, -0.05) is 54.6 Å². The fourth-order valence-corrected chi connectivity index (χ4v) is 3.85. The maximum atomic E-state index is 12.5. The Morgan fingerprint density at radius 1 is 0.828 bits per heavy atom. The van der Waals surface area contributed by atoms with Crippen molar-refractivity contribution in [3.8, 4) is 11.1 Å². The molecule has 1 amide bonds. The van der Waals surface area contributed by atoms with Crippen molar-refractivity contribution in [3.05, 3.63) is 90.0 Å². The third-order valence-electron chi connectivity index (χ3n) is 4.76. The largest absolute Gasteiger partial charge is 0.346 e. The Kier molecular flexibility index (Phi) is 6.15. The summed E-state index contributed by atoms with van der Waals surface area (Å²) in [7, 11) is -0.565. The molecule has 0 bridgehead atoms. The zero-order valence-corrected chi connectivity index (χ0v) is 17.5. The lowest BCUT2D eigenvalue weighted by molar-refractivity contribution is 0.0940. The second-order valence-electron chi connectivity index (χ2n) is 6.99. The van der Waals surface area contributed by atoms with Crippen LogP contribution in [0.5, 0.6) is 0 Å². The van der Waals surface area contributed by atoms with Gasteiger partial charge in [0.05, 0.1) is 10.9 Å². The van der Waals surface area contributed by atoms with Crippen LogP contribution in [0.25, 0.3) is 11.1 Å². The highest BCUT2D eigenvalue weighted by molar-refractivity contribution is 7.89. The van der Waals surface area contributed by atoms with Gasteiger partial charge in [-0.25, -0.2) is 12.7 Å². The van der Waals surface area contributed by atoms with Crippen LogP contribution in [0.4, 0.5) is 0 Å². The zero-order chi connectivity index (χ0) is 21.0. The summed E-state index contributed by atoms with van der Waals surface area (Å²) < 4.78 is 25.4. The molecule has 150 valence electrons. The van der Waals surface area contributed by atoms with Gasteiger partial charge in [0, 0.05) is 19.7 Å². The van der Waals surface area contributed by atoms with Gasteiger partial charge in [0.25, 0.3) is 5.91 Å². The average Bonchev–Trinajstić information content (AvgIpc) is 2.74. The molecule has 0 heterocycles. The van der Waals surface area contributed by atoms with E-state index in [1.165, 1.54) is 38.4 Å². The van der Waals surface area contributed by atoms with Crippen LogP contribution >= 0.6 is 0 Å². The molecule has 0 aliphatic carbocycles. The topological polar surface area (TPSA) is 66.5 Å². The number of carbonyl (C=O) groups is 1. The van der Waals surface area contributed by atoms with Crippen LogP contribution in [0, 0.1) is 0 Å². The molecule has 0 aromatic heterocycles. The molecule has 5 nitrogen and oxygen atoms in total. The lowest BCUT2D eigenvalue weighted by Gasteiger charge is -2.16. The minimum Gasteiger partial charge on any atom is -0.346 e. The normalized spacial score (nSPS) is 12.6. The average molecular weight is 409 g/mol. The van der Waals surface area contributed by atoms with E-state index < -0.39 is 10.0 Å². The summed E-state index contributed by atoms with van der Waals surface area (Å²) in [6, 6.07) is 23.9. The maximum absolute atomic E-state index is 12.5. The molecule has 1 N–H and O–H groups in total. The molecule has 6 heteroatoms. The fraction of sp³-hybridized carbons (Fsp3) is 0.174. The summed E-state index contributed by atoms with van der Waals surface area (Å²) in [5.41, 5.74) is 3.66. The van der Waals surface area contributed by atoms with Crippen molar-refractivity contribution in [3.63, 3.8) is 0 Å². The predicted octanol–water partition coefficient (Wildman–Crippen LogP) is 4.09. The minimum atomic E-state index is -3.51. The Balaban J connectivity index is 1.69. The van der Waals surface area contributed by atoms with E-state index in [0.29, 0.717) is 5.56 Å². The first kappa shape index (κ1) is 20.8. The Bertz CT molecular complexity index is 1080. The SMILES string of the molecule is CC(NC(=O)c1ccc(S(=O)(=O)N(C)C)cc1)c1ccc(-c2ccccc2)cc1. The van der Waals surface area contributed by atoms with E-state index in [1.807, 2.05) is 49.4 Å². The van der Waals surface area contributed by atoms with Gasteiger partial charge >= 0.3 is 0 Å². The van der Waals surface area contributed by atoms with Gasteiger partial charge < -0.3 is 5.32 Å². The van der Waals surface area contributed by atoms with Crippen LogP contribution < -0.4 is 5.32 Å². The van der Waals surface area contributed by atoms with Crippen molar-refractivity contribution in [1.29, 1.82) is 0 Å². The molecule has 0 saturated heterocycles. The highest BCUT2D eigenvalue weighted by Gasteiger charge is 2.18. The molecule has 0 aliphatic heterocycles. The van der Waals surface area contributed by atoms with Crippen LogP contribution in [0.2, 0.25) is 0 Å². The Labute approximate surface area is 172 Å².